The molecule has 8 heteroatoms. The number of benzene rings is 1. The average Bonchev–Trinajstić information content (AvgIpc) is 2.56. The second kappa shape index (κ2) is 10.8. The van der Waals surface area contributed by atoms with E-state index in [0.717, 1.165) is 4.47 Å². The first kappa shape index (κ1) is 21.1. The molecule has 0 bridgehead atoms. The monoisotopic (exact) mass is 412 g/mol. The fourth-order valence-corrected chi connectivity index (χ4v) is 2.58. The van der Waals surface area contributed by atoms with Crippen molar-refractivity contribution in [2.75, 3.05) is 45.1 Å². The Balaban J connectivity index is 2.35. The molecule has 7 nitrogen and oxygen atoms in total. The summed E-state index contributed by atoms with van der Waals surface area (Å²) in [6, 6.07) is 7.23. The third-order valence-electron chi connectivity index (χ3n) is 3.53. The van der Waals surface area contributed by atoms with E-state index in [1.54, 1.807) is 29.0 Å². The molecule has 0 spiro atoms. The lowest BCUT2D eigenvalue weighted by Gasteiger charge is -2.22. The van der Waals surface area contributed by atoms with Crippen molar-refractivity contribution in [3.8, 4) is 0 Å². The van der Waals surface area contributed by atoms with Gasteiger partial charge in [-0.2, -0.15) is 0 Å². The van der Waals surface area contributed by atoms with Gasteiger partial charge in [0, 0.05) is 17.6 Å². The summed E-state index contributed by atoms with van der Waals surface area (Å²) in [4.78, 5) is 39.1. The predicted octanol–water partition coefficient (Wildman–Crippen LogP) is 1.30. The third kappa shape index (κ3) is 7.66. The van der Waals surface area contributed by atoms with Gasteiger partial charge in [-0.15, -0.1) is 0 Å². The Bertz CT molecular complexity index is 605. The first-order chi connectivity index (χ1) is 11.9. The molecule has 138 valence electrons. The molecule has 0 fully saturated rings. The zero-order chi connectivity index (χ0) is 18.8. The van der Waals surface area contributed by atoms with E-state index in [9.17, 15) is 14.4 Å². The van der Waals surface area contributed by atoms with E-state index in [1.807, 2.05) is 26.0 Å². The topological polar surface area (TPSA) is 81.8 Å². The summed E-state index contributed by atoms with van der Waals surface area (Å²) in [5.74, 6) is -0.647. The molecule has 0 aromatic heterocycles. The highest BCUT2D eigenvalue weighted by atomic mass is 79.9. The maximum atomic E-state index is 12.0. The molecule has 1 rings (SSSR count). The highest BCUT2D eigenvalue weighted by Gasteiger charge is 2.15. The van der Waals surface area contributed by atoms with Crippen LogP contribution in [0.15, 0.2) is 28.7 Å². The number of hydrogen-bond acceptors (Lipinski definition) is 4. The summed E-state index contributed by atoms with van der Waals surface area (Å²) >= 11 is 3.34. The number of para-hydroxylation sites is 1. The van der Waals surface area contributed by atoms with E-state index in [2.05, 4.69) is 26.6 Å². The van der Waals surface area contributed by atoms with Crippen LogP contribution in [0.3, 0.4) is 0 Å². The van der Waals surface area contributed by atoms with E-state index in [4.69, 9.17) is 0 Å². The van der Waals surface area contributed by atoms with Gasteiger partial charge in [-0.05, 0) is 49.0 Å². The SMILES string of the molecule is CCN(CC)C(=O)CN(C)CC(=O)NCC(=O)Nc1ccccc1Br. The van der Waals surface area contributed by atoms with Gasteiger partial charge in [0.25, 0.3) is 0 Å². The van der Waals surface area contributed by atoms with Crippen molar-refractivity contribution in [3.05, 3.63) is 28.7 Å². The maximum absolute atomic E-state index is 12.0. The largest absolute Gasteiger partial charge is 0.346 e. The fraction of sp³-hybridized carbons (Fsp3) is 0.471. The normalized spacial score (nSPS) is 10.4. The molecule has 3 amide bonds. The van der Waals surface area contributed by atoms with Gasteiger partial charge in [0.1, 0.15) is 0 Å². The maximum Gasteiger partial charge on any atom is 0.243 e. The summed E-state index contributed by atoms with van der Waals surface area (Å²) in [6.45, 7) is 5.20. The quantitative estimate of drug-likeness (QED) is 0.640. The minimum atomic E-state index is -0.317. The molecule has 0 aliphatic rings. The summed E-state index contributed by atoms with van der Waals surface area (Å²) in [6.07, 6.45) is 0. The zero-order valence-electron chi connectivity index (χ0n) is 14.8. The second-order valence-electron chi connectivity index (χ2n) is 5.54. The molecule has 0 atom stereocenters. The van der Waals surface area contributed by atoms with Gasteiger partial charge in [0.15, 0.2) is 0 Å². The Hall–Kier alpha value is -1.93. The number of amides is 3. The Labute approximate surface area is 156 Å². The third-order valence-corrected chi connectivity index (χ3v) is 4.22. The van der Waals surface area contributed by atoms with Crippen molar-refractivity contribution >= 4 is 39.3 Å². The van der Waals surface area contributed by atoms with Gasteiger partial charge in [0.2, 0.25) is 17.7 Å². The molecule has 0 aliphatic carbocycles. The molecular weight excluding hydrogens is 388 g/mol. The molecule has 0 saturated heterocycles. The molecule has 0 saturated carbocycles. The highest BCUT2D eigenvalue weighted by Crippen LogP contribution is 2.20. The molecule has 1 aromatic rings. The zero-order valence-corrected chi connectivity index (χ0v) is 16.4. The first-order valence-corrected chi connectivity index (χ1v) is 8.94. The molecule has 1 aromatic carbocycles. The van der Waals surface area contributed by atoms with E-state index in [0.29, 0.717) is 18.8 Å². The van der Waals surface area contributed by atoms with Gasteiger partial charge < -0.3 is 15.5 Å². The van der Waals surface area contributed by atoms with Crippen molar-refractivity contribution in [3.63, 3.8) is 0 Å². The Morgan fingerprint density at radius 3 is 2.28 bits per heavy atom. The van der Waals surface area contributed by atoms with Crippen LogP contribution in [0, 0.1) is 0 Å². The lowest BCUT2D eigenvalue weighted by atomic mass is 10.3. The lowest BCUT2D eigenvalue weighted by Crippen LogP contribution is -2.43. The molecule has 0 radical (unpaired) electrons. The van der Waals surface area contributed by atoms with Crippen LogP contribution in [-0.2, 0) is 14.4 Å². The Morgan fingerprint density at radius 2 is 1.68 bits per heavy atom. The molecule has 2 N–H and O–H groups in total. The molecular formula is C17H25BrN4O3. The number of likely N-dealkylation sites (N-methyl/N-ethyl adjacent to an activating group) is 2. The number of carbonyl (C=O) groups excluding carboxylic acids is 3. The van der Waals surface area contributed by atoms with E-state index in [1.165, 1.54) is 0 Å². The van der Waals surface area contributed by atoms with Crippen LogP contribution >= 0.6 is 15.9 Å². The van der Waals surface area contributed by atoms with Crippen molar-refractivity contribution in [2.45, 2.75) is 13.8 Å². The minimum absolute atomic E-state index is 0.0213. The molecule has 0 heterocycles. The van der Waals surface area contributed by atoms with Crippen molar-refractivity contribution in [1.82, 2.24) is 15.1 Å². The van der Waals surface area contributed by atoms with Crippen LogP contribution < -0.4 is 10.6 Å². The van der Waals surface area contributed by atoms with Crippen LogP contribution in [0.2, 0.25) is 0 Å². The number of anilines is 1. The number of rotatable bonds is 9. The minimum Gasteiger partial charge on any atom is -0.346 e. The van der Waals surface area contributed by atoms with Crippen LogP contribution in [-0.4, -0.2) is 67.3 Å². The molecule has 0 unspecified atom stereocenters. The van der Waals surface area contributed by atoms with Gasteiger partial charge in [0.05, 0.1) is 25.3 Å². The van der Waals surface area contributed by atoms with Gasteiger partial charge in [-0.1, -0.05) is 12.1 Å². The standard InChI is InChI=1S/C17H25BrN4O3/c1-4-22(5-2)17(25)12-21(3)11-16(24)19-10-15(23)20-14-9-7-6-8-13(14)18/h6-9H,4-5,10-12H2,1-3H3,(H,19,24)(H,20,23). The van der Waals surface area contributed by atoms with Crippen LogP contribution in [0.4, 0.5) is 5.69 Å². The smallest absolute Gasteiger partial charge is 0.243 e. The van der Waals surface area contributed by atoms with Crippen molar-refractivity contribution in [1.29, 1.82) is 0 Å². The second-order valence-corrected chi connectivity index (χ2v) is 6.40. The molecule has 25 heavy (non-hydrogen) atoms. The van der Waals surface area contributed by atoms with Crippen LogP contribution in [0.5, 0.6) is 0 Å². The lowest BCUT2D eigenvalue weighted by molar-refractivity contribution is -0.132. The fourth-order valence-electron chi connectivity index (χ4n) is 2.20. The van der Waals surface area contributed by atoms with Gasteiger partial charge in [-0.3, -0.25) is 19.3 Å². The van der Waals surface area contributed by atoms with Crippen molar-refractivity contribution < 1.29 is 14.4 Å². The summed E-state index contributed by atoms with van der Waals surface area (Å²) in [5.41, 5.74) is 0.642. The Kier molecular flexibility index (Phi) is 9.15. The van der Waals surface area contributed by atoms with Crippen LogP contribution in [0.1, 0.15) is 13.8 Å². The van der Waals surface area contributed by atoms with Crippen molar-refractivity contribution in [2.24, 2.45) is 0 Å². The number of halogens is 1. The average molecular weight is 413 g/mol. The first-order valence-electron chi connectivity index (χ1n) is 8.14. The Morgan fingerprint density at radius 1 is 1.04 bits per heavy atom. The number of carbonyl (C=O) groups is 3. The van der Waals surface area contributed by atoms with E-state index < -0.39 is 0 Å². The summed E-state index contributed by atoms with van der Waals surface area (Å²) < 4.78 is 0.768. The summed E-state index contributed by atoms with van der Waals surface area (Å²) in [7, 11) is 1.70. The summed E-state index contributed by atoms with van der Waals surface area (Å²) in [5, 5.41) is 5.26. The number of nitrogens with one attached hydrogen (secondary N) is 2. The van der Waals surface area contributed by atoms with E-state index >= 15 is 0 Å². The molecule has 0 aliphatic heterocycles. The highest BCUT2D eigenvalue weighted by molar-refractivity contribution is 9.10. The number of hydrogen-bond donors (Lipinski definition) is 2. The predicted molar refractivity (Wildman–Crippen MR) is 101 cm³/mol. The van der Waals surface area contributed by atoms with E-state index in [-0.39, 0.29) is 37.4 Å². The van der Waals surface area contributed by atoms with Crippen LogP contribution in [0.25, 0.3) is 0 Å². The number of nitrogens with zero attached hydrogens (tertiary/aromatic N) is 2. The van der Waals surface area contributed by atoms with Gasteiger partial charge >= 0.3 is 0 Å². The van der Waals surface area contributed by atoms with Gasteiger partial charge in [-0.25, -0.2) is 0 Å².